The van der Waals surface area contributed by atoms with Crippen LogP contribution in [0.3, 0.4) is 0 Å². The molecule has 4 nitrogen and oxygen atoms in total. The van der Waals surface area contributed by atoms with E-state index in [0.29, 0.717) is 5.92 Å². The van der Waals surface area contributed by atoms with Crippen molar-refractivity contribution in [2.45, 2.75) is 26.3 Å². The minimum absolute atomic E-state index is 0.275. The molecule has 1 aliphatic rings. The van der Waals surface area contributed by atoms with Gasteiger partial charge in [-0.1, -0.05) is 13.3 Å². The van der Waals surface area contributed by atoms with Crippen molar-refractivity contribution in [1.82, 2.24) is 9.78 Å². The highest BCUT2D eigenvalue weighted by Crippen LogP contribution is 2.34. The Morgan fingerprint density at radius 2 is 2.50 bits per heavy atom. The summed E-state index contributed by atoms with van der Waals surface area (Å²) in [5.41, 5.74) is 0.275. The van der Waals surface area contributed by atoms with Crippen molar-refractivity contribution in [1.29, 1.82) is 0 Å². The van der Waals surface area contributed by atoms with Crippen molar-refractivity contribution in [2.24, 2.45) is 11.8 Å². The molecule has 0 aromatic carbocycles. The van der Waals surface area contributed by atoms with Crippen LogP contribution in [0.5, 0.6) is 0 Å². The Labute approximate surface area is 82.5 Å². The number of carbonyl (C=O) groups is 1. The third kappa shape index (κ3) is 1.64. The molecular formula is C10H14N2O2. The van der Waals surface area contributed by atoms with Crippen LogP contribution in [0.25, 0.3) is 0 Å². The highest BCUT2D eigenvalue weighted by atomic mass is 16.4. The van der Waals surface area contributed by atoms with E-state index in [1.807, 2.05) is 0 Å². The van der Waals surface area contributed by atoms with E-state index in [-0.39, 0.29) is 5.56 Å². The Morgan fingerprint density at radius 1 is 1.71 bits per heavy atom. The maximum atomic E-state index is 10.6. The molecule has 0 bridgehead atoms. The third-order valence-electron chi connectivity index (χ3n) is 3.10. The molecular weight excluding hydrogens is 180 g/mol. The molecule has 0 radical (unpaired) electrons. The summed E-state index contributed by atoms with van der Waals surface area (Å²) in [4.78, 5) is 10.6. The topological polar surface area (TPSA) is 55.1 Å². The van der Waals surface area contributed by atoms with Gasteiger partial charge in [0.2, 0.25) is 0 Å². The van der Waals surface area contributed by atoms with Gasteiger partial charge in [0.25, 0.3) is 0 Å². The number of hydrogen-bond donors (Lipinski definition) is 1. The summed E-state index contributed by atoms with van der Waals surface area (Å²) < 4.78 is 1.74. The summed E-state index contributed by atoms with van der Waals surface area (Å²) in [5.74, 6) is 0.530. The maximum absolute atomic E-state index is 10.6. The number of hydrogen-bond acceptors (Lipinski definition) is 2. The minimum Gasteiger partial charge on any atom is -0.478 e. The van der Waals surface area contributed by atoms with Crippen molar-refractivity contribution in [2.75, 3.05) is 0 Å². The van der Waals surface area contributed by atoms with Crippen molar-refractivity contribution in [3.05, 3.63) is 18.0 Å². The van der Waals surface area contributed by atoms with Gasteiger partial charge in [0, 0.05) is 12.7 Å². The average Bonchev–Trinajstić information content (AvgIpc) is 2.60. The standard InChI is InChI=1S/C10H14N2O2/c1-7-2-3-8(7)5-12-6-9(4-11-12)10(13)14/h4,6-8H,2-3,5H2,1H3,(H,13,14)/t7-,8+/m1/s1. The Kier molecular flexibility index (Phi) is 2.27. The first-order valence-electron chi connectivity index (χ1n) is 4.92. The molecule has 0 aliphatic heterocycles. The molecule has 0 amide bonds. The molecule has 1 heterocycles. The molecule has 1 aromatic rings. The highest BCUT2D eigenvalue weighted by Gasteiger charge is 2.27. The van der Waals surface area contributed by atoms with E-state index in [4.69, 9.17) is 5.11 Å². The zero-order valence-electron chi connectivity index (χ0n) is 8.18. The van der Waals surface area contributed by atoms with Crippen LogP contribution in [0.1, 0.15) is 30.1 Å². The van der Waals surface area contributed by atoms with E-state index in [1.54, 1.807) is 10.9 Å². The molecule has 0 saturated heterocycles. The molecule has 4 heteroatoms. The van der Waals surface area contributed by atoms with E-state index in [9.17, 15) is 4.79 Å². The minimum atomic E-state index is -0.905. The fourth-order valence-corrected chi connectivity index (χ4v) is 1.82. The van der Waals surface area contributed by atoms with Crippen LogP contribution in [0, 0.1) is 11.8 Å². The quantitative estimate of drug-likeness (QED) is 0.795. The van der Waals surface area contributed by atoms with Gasteiger partial charge in [-0.2, -0.15) is 5.10 Å². The number of aromatic carboxylic acids is 1. The lowest BCUT2D eigenvalue weighted by Crippen LogP contribution is -2.27. The van der Waals surface area contributed by atoms with Gasteiger partial charge in [0.15, 0.2) is 0 Å². The van der Waals surface area contributed by atoms with Gasteiger partial charge in [-0.25, -0.2) is 4.79 Å². The summed E-state index contributed by atoms with van der Waals surface area (Å²) in [6.45, 7) is 3.09. The monoisotopic (exact) mass is 194 g/mol. The molecule has 2 atom stereocenters. The number of carboxylic acids is 1. The fourth-order valence-electron chi connectivity index (χ4n) is 1.82. The first-order chi connectivity index (χ1) is 6.66. The molecule has 0 spiro atoms. The zero-order valence-corrected chi connectivity index (χ0v) is 8.18. The van der Waals surface area contributed by atoms with Gasteiger partial charge in [0.05, 0.1) is 11.8 Å². The van der Waals surface area contributed by atoms with Gasteiger partial charge in [-0.05, 0) is 18.3 Å². The van der Waals surface area contributed by atoms with Crippen molar-refractivity contribution < 1.29 is 9.90 Å². The summed E-state index contributed by atoms with van der Waals surface area (Å²) in [6, 6.07) is 0. The van der Waals surface area contributed by atoms with Crippen LogP contribution in [-0.2, 0) is 6.54 Å². The van der Waals surface area contributed by atoms with E-state index >= 15 is 0 Å². The summed E-state index contributed by atoms with van der Waals surface area (Å²) in [5, 5.41) is 12.7. The summed E-state index contributed by atoms with van der Waals surface area (Å²) in [6.07, 6.45) is 5.54. The maximum Gasteiger partial charge on any atom is 0.338 e. The molecule has 1 aliphatic carbocycles. The van der Waals surface area contributed by atoms with Crippen LogP contribution in [-0.4, -0.2) is 20.9 Å². The third-order valence-corrected chi connectivity index (χ3v) is 3.10. The van der Waals surface area contributed by atoms with E-state index in [2.05, 4.69) is 12.0 Å². The molecule has 1 fully saturated rings. The molecule has 1 aromatic heterocycles. The van der Waals surface area contributed by atoms with E-state index < -0.39 is 5.97 Å². The fraction of sp³-hybridized carbons (Fsp3) is 0.600. The Balaban J connectivity index is 1.99. The van der Waals surface area contributed by atoms with Crippen LogP contribution in [0.2, 0.25) is 0 Å². The molecule has 0 unspecified atom stereocenters. The number of rotatable bonds is 3. The number of aromatic nitrogens is 2. The lowest BCUT2D eigenvalue weighted by Gasteiger charge is -2.33. The summed E-state index contributed by atoms with van der Waals surface area (Å²) >= 11 is 0. The van der Waals surface area contributed by atoms with Crippen molar-refractivity contribution >= 4 is 5.97 Å². The second-order valence-electron chi connectivity index (χ2n) is 4.07. The van der Waals surface area contributed by atoms with Crippen molar-refractivity contribution in [3.8, 4) is 0 Å². The molecule has 14 heavy (non-hydrogen) atoms. The lowest BCUT2D eigenvalue weighted by molar-refractivity contribution is 0.0696. The van der Waals surface area contributed by atoms with Crippen LogP contribution in [0.4, 0.5) is 0 Å². The smallest absolute Gasteiger partial charge is 0.338 e. The zero-order chi connectivity index (χ0) is 10.1. The highest BCUT2D eigenvalue weighted by molar-refractivity contribution is 5.86. The predicted octanol–water partition coefficient (Wildman–Crippen LogP) is 1.63. The van der Waals surface area contributed by atoms with Crippen LogP contribution < -0.4 is 0 Å². The normalized spacial score (nSPS) is 25.8. The molecule has 1 saturated carbocycles. The van der Waals surface area contributed by atoms with E-state index in [1.165, 1.54) is 19.0 Å². The molecule has 1 N–H and O–H groups in total. The van der Waals surface area contributed by atoms with Crippen LogP contribution >= 0.6 is 0 Å². The molecule has 76 valence electrons. The number of nitrogens with zero attached hydrogens (tertiary/aromatic N) is 2. The largest absolute Gasteiger partial charge is 0.478 e. The molecule has 2 rings (SSSR count). The van der Waals surface area contributed by atoms with Gasteiger partial charge in [-0.15, -0.1) is 0 Å². The second-order valence-corrected chi connectivity index (χ2v) is 4.07. The predicted molar refractivity (Wildman–Crippen MR) is 51.1 cm³/mol. The van der Waals surface area contributed by atoms with Crippen molar-refractivity contribution in [3.63, 3.8) is 0 Å². The Hall–Kier alpha value is -1.32. The average molecular weight is 194 g/mol. The van der Waals surface area contributed by atoms with Gasteiger partial charge in [0.1, 0.15) is 0 Å². The van der Waals surface area contributed by atoms with Gasteiger partial charge < -0.3 is 5.11 Å². The first-order valence-corrected chi connectivity index (χ1v) is 4.92. The van der Waals surface area contributed by atoms with Gasteiger partial charge >= 0.3 is 5.97 Å². The van der Waals surface area contributed by atoms with Crippen LogP contribution in [0.15, 0.2) is 12.4 Å². The van der Waals surface area contributed by atoms with E-state index in [0.717, 1.165) is 12.5 Å². The summed E-state index contributed by atoms with van der Waals surface area (Å²) in [7, 11) is 0. The SMILES string of the molecule is C[C@@H]1CC[C@H]1Cn1cc(C(=O)O)cn1. The second kappa shape index (κ2) is 3.44. The Morgan fingerprint density at radius 3 is 2.93 bits per heavy atom. The first kappa shape index (κ1) is 9.24. The Bertz CT molecular complexity index is 346. The van der Waals surface area contributed by atoms with Gasteiger partial charge in [-0.3, -0.25) is 4.68 Å². The lowest BCUT2D eigenvalue weighted by atomic mass is 9.75. The number of carboxylic acid groups (broad SMARTS) is 1.